The molecule has 0 bridgehead atoms. The van der Waals surface area contributed by atoms with E-state index in [4.69, 9.17) is 0 Å². The van der Waals surface area contributed by atoms with Crippen molar-refractivity contribution in [1.29, 1.82) is 0 Å². The first-order chi connectivity index (χ1) is 12.3. The lowest BCUT2D eigenvalue weighted by atomic mass is 9.97. The Balaban J connectivity index is 1.82. The van der Waals surface area contributed by atoms with Crippen molar-refractivity contribution in [2.45, 2.75) is 18.9 Å². The maximum Gasteiger partial charge on any atom is 0.224 e. The van der Waals surface area contributed by atoms with Crippen molar-refractivity contribution in [1.82, 2.24) is 5.32 Å². The van der Waals surface area contributed by atoms with Crippen LogP contribution in [0.2, 0.25) is 0 Å². The first-order valence-electron chi connectivity index (χ1n) is 8.33. The van der Waals surface area contributed by atoms with E-state index in [9.17, 15) is 22.0 Å². The number of carbonyl (C=O) groups excluding carboxylic acids is 1. The van der Waals surface area contributed by atoms with Crippen molar-refractivity contribution >= 4 is 15.7 Å². The van der Waals surface area contributed by atoms with Crippen LogP contribution in [0.3, 0.4) is 0 Å². The van der Waals surface area contributed by atoms with Crippen LogP contribution in [-0.2, 0) is 21.1 Å². The SMILES string of the molecule is O=C(N[C@H](Cc1cccc(F)c1)c1cccc(F)c1)[C@@H]1CCS(=O)(=O)C1. The first kappa shape index (κ1) is 18.5. The first-order valence-corrected chi connectivity index (χ1v) is 10.2. The lowest BCUT2D eigenvalue weighted by Gasteiger charge is -2.21. The molecule has 7 heteroatoms. The number of hydrogen-bond donors (Lipinski definition) is 1. The molecule has 1 aliphatic heterocycles. The monoisotopic (exact) mass is 379 g/mol. The Morgan fingerprint density at radius 2 is 1.81 bits per heavy atom. The van der Waals surface area contributed by atoms with Gasteiger partial charge < -0.3 is 5.32 Å². The molecule has 138 valence electrons. The Morgan fingerprint density at radius 3 is 2.42 bits per heavy atom. The van der Waals surface area contributed by atoms with Crippen molar-refractivity contribution in [3.63, 3.8) is 0 Å². The summed E-state index contributed by atoms with van der Waals surface area (Å²) in [7, 11) is -3.18. The third-order valence-electron chi connectivity index (χ3n) is 4.50. The molecule has 1 saturated heterocycles. The molecule has 1 aliphatic rings. The highest BCUT2D eigenvalue weighted by molar-refractivity contribution is 7.91. The molecule has 26 heavy (non-hydrogen) atoms. The van der Waals surface area contributed by atoms with E-state index in [2.05, 4.69) is 5.32 Å². The Bertz CT molecular complexity index is 915. The van der Waals surface area contributed by atoms with Crippen molar-refractivity contribution in [2.75, 3.05) is 11.5 Å². The zero-order chi connectivity index (χ0) is 18.7. The van der Waals surface area contributed by atoms with Gasteiger partial charge in [-0.25, -0.2) is 17.2 Å². The van der Waals surface area contributed by atoms with Gasteiger partial charge in [0.2, 0.25) is 5.91 Å². The van der Waals surface area contributed by atoms with Crippen LogP contribution in [0.25, 0.3) is 0 Å². The van der Waals surface area contributed by atoms with Crippen LogP contribution >= 0.6 is 0 Å². The molecule has 0 spiro atoms. The molecule has 1 amide bonds. The fourth-order valence-electron chi connectivity index (χ4n) is 3.17. The molecule has 0 radical (unpaired) electrons. The van der Waals surface area contributed by atoms with Gasteiger partial charge in [0, 0.05) is 0 Å². The molecule has 1 heterocycles. The van der Waals surface area contributed by atoms with Crippen LogP contribution in [0.4, 0.5) is 8.78 Å². The number of halogens is 2. The molecular formula is C19H19F2NO3S. The number of amides is 1. The third kappa shape index (κ3) is 4.66. The largest absolute Gasteiger partial charge is 0.349 e. The van der Waals surface area contributed by atoms with Gasteiger partial charge >= 0.3 is 0 Å². The zero-order valence-corrected chi connectivity index (χ0v) is 14.8. The van der Waals surface area contributed by atoms with E-state index in [0.717, 1.165) is 0 Å². The Hall–Kier alpha value is -2.28. The molecule has 0 unspecified atom stereocenters. The van der Waals surface area contributed by atoms with E-state index in [-0.39, 0.29) is 30.3 Å². The predicted molar refractivity (Wildman–Crippen MR) is 94.1 cm³/mol. The second-order valence-corrected chi connectivity index (χ2v) is 8.78. The molecule has 4 nitrogen and oxygen atoms in total. The lowest BCUT2D eigenvalue weighted by molar-refractivity contribution is -0.125. The number of hydrogen-bond acceptors (Lipinski definition) is 3. The molecule has 0 aliphatic carbocycles. The Morgan fingerprint density at radius 1 is 1.12 bits per heavy atom. The van der Waals surface area contributed by atoms with E-state index >= 15 is 0 Å². The summed E-state index contributed by atoms with van der Waals surface area (Å²) >= 11 is 0. The van der Waals surface area contributed by atoms with Crippen LogP contribution in [0.1, 0.15) is 23.6 Å². The van der Waals surface area contributed by atoms with E-state index in [1.54, 1.807) is 18.2 Å². The van der Waals surface area contributed by atoms with E-state index in [0.29, 0.717) is 11.1 Å². The maximum absolute atomic E-state index is 13.6. The van der Waals surface area contributed by atoms with Gasteiger partial charge in [0.1, 0.15) is 11.6 Å². The van der Waals surface area contributed by atoms with E-state index in [1.165, 1.54) is 30.3 Å². The summed E-state index contributed by atoms with van der Waals surface area (Å²) in [6.45, 7) is 0. The second-order valence-electron chi connectivity index (χ2n) is 6.55. The average molecular weight is 379 g/mol. The van der Waals surface area contributed by atoms with Gasteiger partial charge in [0.25, 0.3) is 0 Å². The van der Waals surface area contributed by atoms with Crippen molar-refractivity contribution in [3.8, 4) is 0 Å². The normalized spacial score (nSPS) is 19.8. The minimum atomic E-state index is -3.18. The van der Waals surface area contributed by atoms with Gasteiger partial charge in [-0.05, 0) is 48.2 Å². The Labute approximate surface area is 151 Å². The molecule has 1 fully saturated rings. The van der Waals surface area contributed by atoms with Gasteiger partial charge in [-0.3, -0.25) is 4.79 Å². The summed E-state index contributed by atoms with van der Waals surface area (Å²) in [6.07, 6.45) is 0.552. The van der Waals surface area contributed by atoms with Crippen LogP contribution < -0.4 is 5.32 Å². The van der Waals surface area contributed by atoms with Gasteiger partial charge in [-0.2, -0.15) is 0 Å². The molecule has 2 aromatic rings. The highest BCUT2D eigenvalue weighted by Gasteiger charge is 2.34. The second kappa shape index (κ2) is 7.53. The maximum atomic E-state index is 13.6. The molecule has 3 rings (SSSR count). The summed E-state index contributed by atoms with van der Waals surface area (Å²) in [5, 5.41) is 2.82. The lowest BCUT2D eigenvalue weighted by Crippen LogP contribution is -2.35. The number of carbonyl (C=O) groups is 1. The van der Waals surface area contributed by atoms with Crippen LogP contribution in [0.5, 0.6) is 0 Å². The standard InChI is InChI=1S/C19H19F2NO3S/c20-16-5-1-3-13(9-16)10-18(14-4-2-6-17(21)11-14)22-19(23)15-7-8-26(24,25)12-15/h1-6,9,11,15,18H,7-8,10,12H2,(H,22,23)/t15-,18-/m1/s1. The predicted octanol–water partition coefficient (Wildman–Crippen LogP) is 2.80. The quantitative estimate of drug-likeness (QED) is 0.869. The Kier molecular flexibility index (Phi) is 5.36. The van der Waals surface area contributed by atoms with Gasteiger partial charge in [0.15, 0.2) is 9.84 Å². The van der Waals surface area contributed by atoms with Crippen molar-refractivity contribution in [3.05, 3.63) is 71.3 Å². The molecule has 0 saturated carbocycles. The molecule has 2 atom stereocenters. The molecule has 0 aromatic heterocycles. The fraction of sp³-hybridized carbons (Fsp3) is 0.316. The zero-order valence-electron chi connectivity index (χ0n) is 14.0. The summed E-state index contributed by atoms with van der Waals surface area (Å²) in [4.78, 5) is 12.5. The summed E-state index contributed by atoms with van der Waals surface area (Å²) in [5.41, 5.74) is 1.20. The van der Waals surface area contributed by atoms with Gasteiger partial charge in [0.05, 0.1) is 23.5 Å². The minimum absolute atomic E-state index is 0.000382. The summed E-state index contributed by atoms with van der Waals surface area (Å²) in [6, 6.07) is 11.2. The molecule has 1 N–H and O–H groups in total. The van der Waals surface area contributed by atoms with Crippen LogP contribution in [0, 0.1) is 17.6 Å². The smallest absolute Gasteiger partial charge is 0.224 e. The molecular weight excluding hydrogens is 360 g/mol. The van der Waals surface area contributed by atoms with E-state index in [1.807, 2.05) is 0 Å². The van der Waals surface area contributed by atoms with Gasteiger partial charge in [-0.15, -0.1) is 0 Å². The highest BCUT2D eigenvalue weighted by Crippen LogP contribution is 2.23. The average Bonchev–Trinajstić information content (AvgIpc) is 2.94. The summed E-state index contributed by atoms with van der Waals surface area (Å²) in [5.74, 6) is -1.99. The van der Waals surface area contributed by atoms with Crippen molar-refractivity contribution < 1.29 is 22.0 Å². The van der Waals surface area contributed by atoms with Crippen LogP contribution in [-0.4, -0.2) is 25.8 Å². The summed E-state index contributed by atoms with van der Waals surface area (Å²) < 4.78 is 50.3. The number of nitrogens with one attached hydrogen (secondary N) is 1. The third-order valence-corrected chi connectivity index (χ3v) is 6.27. The number of rotatable bonds is 5. The van der Waals surface area contributed by atoms with E-state index < -0.39 is 33.4 Å². The topological polar surface area (TPSA) is 63.2 Å². The fourth-order valence-corrected chi connectivity index (χ4v) is 4.91. The number of benzene rings is 2. The van der Waals surface area contributed by atoms with Crippen LogP contribution in [0.15, 0.2) is 48.5 Å². The minimum Gasteiger partial charge on any atom is -0.349 e. The number of sulfone groups is 1. The highest BCUT2D eigenvalue weighted by atomic mass is 32.2. The van der Waals surface area contributed by atoms with Crippen molar-refractivity contribution in [2.24, 2.45) is 5.92 Å². The van der Waals surface area contributed by atoms with Gasteiger partial charge in [-0.1, -0.05) is 24.3 Å². The molecule has 2 aromatic carbocycles.